The number of carbonyl (C=O) groups is 1. The van der Waals surface area contributed by atoms with E-state index in [9.17, 15) is 4.79 Å². The highest BCUT2D eigenvalue weighted by atomic mass is 16.2. The number of hydrogen-bond acceptors (Lipinski definition) is 1. The van der Waals surface area contributed by atoms with E-state index in [0.29, 0.717) is 11.8 Å². The summed E-state index contributed by atoms with van der Waals surface area (Å²) in [4.78, 5) is 14.1. The van der Waals surface area contributed by atoms with Crippen molar-refractivity contribution in [2.45, 2.75) is 57.8 Å². The van der Waals surface area contributed by atoms with E-state index in [1.165, 1.54) is 51.4 Å². The lowest BCUT2D eigenvalue weighted by atomic mass is 10.0. The van der Waals surface area contributed by atoms with Crippen molar-refractivity contribution < 1.29 is 4.79 Å². The van der Waals surface area contributed by atoms with Crippen LogP contribution in [0.15, 0.2) is 0 Å². The first-order valence-electron chi connectivity index (χ1n) is 6.64. The number of amides is 1. The van der Waals surface area contributed by atoms with Crippen molar-refractivity contribution in [1.82, 2.24) is 4.90 Å². The Hall–Kier alpha value is -0.530. The van der Waals surface area contributed by atoms with Crippen LogP contribution in [0.1, 0.15) is 57.8 Å². The van der Waals surface area contributed by atoms with Crippen molar-refractivity contribution in [3.05, 3.63) is 0 Å². The van der Waals surface area contributed by atoms with Crippen LogP contribution in [-0.2, 0) is 4.79 Å². The van der Waals surface area contributed by atoms with Crippen LogP contribution in [0.25, 0.3) is 0 Å². The molecule has 2 rings (SSSR count). The number of likely N-dealkylation sites (tertiary alicyclic amines) is 1. The van der Waals surface area contributed by atoms with Gasteiger partial charge in [0.15, 0.2) is 0 Å². The molecule has 0 bridgehead atoms. The van der Waals surface area contributed by atoms with Crippen LogP contribution in [0.4, 0.5) is 0 Å². The van der Waals surface area contributed by atoms with Crippen LogP contribution in [-0.4, -0.2) is 23.9 Å². The molecule has 2 aliphatic rings. The molecular weight excluding hydrogens is 186 g/mol. The highest BCUT2D eigenvalue weighted by molar-refractivity contribution is 5.76. The van der Waals surface area contributed by atoms with Crippen LogP contribution < -0.4 is 0 Å². The van der Waals surface area contributed by atoms with Gasteiger partial charge in [-0.25, -0.2) is 0 Å². The molecule has 0 aromatic carbocycles. The molecule has 0 N–H and O–H groups in total. The van der Waals surface area contributed by atoms with Crippen molar-refractivity contribution in [3.8, 4) is 0 Å². The van der Waals surface area contributed by atoms with Crippen molar-refractivity contribution in [2.24, 2.45) is 5.92 Å². The molecule has 1 saturated carbocycles. The predicted octanol–water partition coefficient (Wildman–Crippen LogP) is 2.97. The molecule has 1 saturated heterocycles. The van der Waals surface area contributed by atoms with Gasteiger partial charge in [-0.3, -0.25) is 4.79 Å². The fraction of sp³-hybridized carbons (Fsp3) is 0.923. The van der Waals surface area contributed by atoms with Crippen LogP contribution in [0.3, 0.4) is 0 Å². The minimum Gasteiger partial charge on any atom is -0.343 e. The highest BCUT2D eigenvalue weighted by Gasteiger charge is 2.22. The quantitative estimate of drug-likeness (QED) is 0.684. The number of carbonyl (C=O) groups excluding carboxylic acids is 1. The van der Waals surface area contributed by atoms with E-state index in [1.807, 2.05) is 0 Å². The largest absolute Gasteiger partial charge is 0.343 e. The molecular formula is C13H23NO. The third-order valence-corrected chi connectivity index (χ3v) is 3.90. The van der Waals surface area contributed by atoms with E-state index in [-0.39, 0.29) is 0 Å². The normalized spacial score (nSPS) is 24.1. The number of rotatable bonds is 2. The molecule has 2 nitrogen and oxygen atoms in total. The Bertz CT molecular complexity index is 201. The van der Waals surface area contributed by atoms with Gasteiger partial charge in [-0.05, 0) is 31.6 Å². The Balaban J connectivity index is 1.77. The lowest BCUT2D eigenvalue weighted by molar-refractivity contribution is -0.132. The average Bonchev–Trinajstić information content (AvgIpc) is 2.58. The molecule has 0 spiro atoms. The summed E-state index contributed by atoms with van der Waals surface area (Å²) in [6, 6.07) is 0. The molecule has 0 atom stereocenters. The molecule has 1 heterocycles. The average molecular weight is 209 g/mol. The van der Waals surface area contributed by atoms with E-state index in [2.05, 4.69) is 4.90 Å². The summed E-state index contributed by atoms with van der Waals surface area (Å²) in [6.45, 7) is 2.04. The maximum atomic E-state index is 12.0. The van der Waals surface area contributed by atoms with E-state index in [4.69, 9.17) is 0 Å². The van der Waals surface area contributed by atoms with Gasteiger partial charge in [0.1, 0.15) is 0 Å². The van der Waals surface area contributed by atoms with E-state index < -0.39 is 0 Å². The molecule has 1 aliphatic heterocycles. The van der Waals surface area contributed by atoms with Crippen LogP contribution >= 0.6 is 0 Å². The minimum atomic E-state index is 0.434. The third kappa shape index (κ3) is 3.22. The molecule has 0 unspecified atom stereocenters. The van der Waals surface area contributed by atoms with Gasteiger partial charge >= 0.3 is 0 Å². The molecule has 0 aromatic rings. The summed E-state index contributed by atoms with van der Waals surface area (Å²) in [5.74, 6) is 1.14. The highest BCUT2D eigenvalue weighted by Crippen LogP contribution is 2.28. The van der Waals surface area contributed by atoms with Crippen LogP contribution in [0, 0.1) is 5.92 Å². The maximum Gasteiger partial charge on any atom is 0.222 e. The molecule has 1 amide bonds. The molecule has 2 fully saturated rings. The van der Waals surface area contributed by atoms with Gasteiger partial charge in [-0.15, -0.1) is 0 Å². The van der Waals surface area contributed by atoms with Crippen molar-refractivity contribution >= 4 is 5.91 Å². The molecule has 0 aromatic heterocycles. The third-order valence-electron chi connectivity index (χ3n) is 3.90. The molecule has 2 heteroatoms. The zero-order valence-electron chi connectivity index (χ0n) is 9.71. The predicted molar refractivity (Wildman–Crippen MR) is 61.6 cm³/mol. The SMILES string of the molecule is O=C(CC1CCCC1)N1CCCCCC1. The topological polar surface area (TPSA) is 20.3 Å². The minimum absolute atomic E-state index is 0.434. The lowest BCUT2D eigenvalue weighted by Crippen LogP contribution is -2.32. The van der Waals surface area contributed by atoms with Crippen LogP contribution in [0.2, 0.25) is 0 Å². The summed E-state index contributed by atoms with van der Waals surface area (Å²) < 4.78 is 0. The van der Waals surface area contributed by atoms with E-state index in [1.54, 1.807) is 0 Å². The molecule has 86 valence electrons. The van der Waals surface area contributed by atoms with Gasteiger partial charge in [0.2, 0.25) is 5.91 Å². The maximum absolute atomic E-state index is 12.0. The lowest BCUT2D eigenvalue weighted by Gasteiger charge is -2.22. The second-order valence-corrected chi connectivity index (χ2v) is 5.15. The fourth-order valence-corrected chi connectivity index (χ4v) is 2.91. The van der Waals surface area contributed by atoms with Crippen molar-refractivity contribution in [1.29, 1.82) is 0 Å². The second-order valence-electron chi connectivity index (χ2n) is 5.15. The first-order valence-corrected chi connectivity index (χ1v) is 6.64. The Morgan fingerprint density at radius 1 is 0.933 bits per heavy atom. The Kier molecular flexibility index (Phi) is 4.04. The van der Waals surface area contributed by atoms with Gasteiger partial charge in [-0.1, -0.05) is 25.7 Å². The van der Waals surface area contributed by atoms with Gasteiger partial charge in [0, 0.05) is 19.5 Å². The standard InChI is InChI=1S/C13H23NO/c15-13(11-12-7-3-4-8-12)14-9-5-1-2-6-10-14/h12H,1-11H2. The zero-order valence-corrected chi connectivity index (χ0v) is 9.71. The van der Waals surface area contributed by atoms with Crippen molar-refractivity contribution in [2.75, 3.05) is 13.1 Å². The van der Waals surface area contributed by atoms with Gasteiger partial charge in [-0.2, -0.15) is 0 Å². The summed E-state index contributed by atoms with van der Waals surface area (Å²) in [5, 5.41) is 0. The van der Waals surface area contributed by atoms with E-state index in [0.717, 1.165) is 19.5 Å². The first kappa shape index (κ1) is 11.0. The Labute approximate surface area is 93.0 Å². The summed E-state index contributed by atoms with van der Waals surface area (Å²) >= 11 is 0. The number of nitrogens with zero attached hydrogens (tertiary/aromatic N) is 1. The van der Waals surface area contributed by atoms with Crippen LogP contribution in [0.5, 0.6) is 0 Å². The monoisotopic (exact) mass is 209 g/mol. The molecule has 1 aliphatic carbocycles. The molecule has 15 heavy (non-hydrogen) atoms. The summed E-state index contributed by atoms with van der Waals surface area (Å²) in [7, 11) is 0. The van der Waals surface area contributed by atoms with Gasteiger partial charge < -0.3 is 4.90 Å². The second kappa shape index (κ2) is 5.53. The van der Waals surface area contributed by atoms with E-state index >= 15 is 0 Å². The zero-order chi connectivity index (χ0) is 10.5. The fourth-order valence-electron chi connectivity index (χ4n) is 2.91. The van der Waals surface area contributed by atoms with Gasteiger partial charge in [0.25, 0.3) is 0 Å². The smallest absolute Gasteiger partial charge is 0.222 e. The van der Waals surface area contributed by atoms with Crippen molar-refractivity contribution in [3.63, 3.8) is 0 Å². The van der Waals surface area contributed by atoms with Gasteiger partial charge in [0.05, 0.1) is 0 Å². The summed E-state index contributed by atoms with van der Waals surface area (Å²) in [5.41, 5.74) is 0. The molecule has 0 radical (unpaired) electrons. The Morgan fingerprint density at radius 2 is 1.53 bits per heavy atom. The summed E-state index contributed by atoms with van der Waals surface area (Å²) in [6.07, 6.45) is 11.2. The first-order chi connectivity index (χ1) is 7.36. The Morgan fingerprint density at radius 3 is 2.13 bits per heavy atom. The number of hydrogen-bond donors (Lipinski definition) is 0.